The third kappa shape index (κ3) is 5.36. The Morgan fingerprint density at radius 1 is 1.06 bits per heavy atom. The Hall–Kier alpha value is -2.64. The Kier molecular flexibility index (Phi) is 7.58. The predicted molar refractivity (Wildman–Crippen MR) is 136 cm³/mol. The number of hydrogen-bond donors (Lipinski definition) is 1. The Bertz CT molecular complexity index is 991. The highest BCUT2D eigenvalue weighted by molar-refractivity contribution is 6.74. The van der Waals surface area contributed by atoms with Crippen LogP contribution in [0.25, 0.3) is 0 Å². The standard InChI is InChI=1S/C27H38N2O4Si/c1-26(2,3)34(5,6)33-22-17-23(24(28)30)27(4,21-15-11-8-12-16-21)29(18-22)25(31)32-19-20-13-9-7-10-14-20/h7-16,22-23H,17-19H2,1-6H3,(H2,28,30)/t22-,23-,27+/m1/s1. The first-order valence-corrected chi connectivity index (χ1v) is 14.8. The lowest BCUT2D eigenvalue weighted by Crippen LogP contribution is -2.63. The number of likely N-dealkylation sites (tertiary alicyclic amines) is 1. The molecule has 2 N–H and O–H groups in total. The number of rotatable bonds is 6. The third-order valence-electron chi connectivity index (χ3n) is 7.52. The number of benzene rings is 2. The molecule has 2 aromatic carbocycles. The van der Waals surface area contributed by atoms with Crippen molar-refractivity contribution >= 4 is 20.3 Å². The maximum Gasteiger partial charge on any atom is 0.410 e. The van der Waals surface area contributed by atoms with Crippen LogP contribution in [-0.4, -0.2) is 37.9 Å². The van der Waals surface area contributed by atoms with Crippen LogP contribution >= 0.6 is 0 Å². The van der Waals surface area contributed by atoms with Crippen molar-refractivity contribution in [3.8, 4) is 0 Å². The molecule has 3 rings (SSSR count). The summed E-state index contributed by atoms with van der Waals surface area (Å²) >= 11 is 0. The van der Waals surface area contributed by atoms with E-state index in [0.717, 1.165) is 11.1 Å². The number of nitrogens with zero attached hydrogens (tertiary/aromatic N) is 1. The van der Waals surface area contributed by atoms with Crippen molar-refractivity contribution in [1.29, 1.82) is 0 Å². The highest BCUT2D eigenvalue weighted by atomic mass is 28.4. The summed E-state index contributed by atoms with van der Waals surface area (Å²) in [7, 11) is -2.15. The first kappa shape index (κ1) is 26.0. The van der Waals surface area contributed by atoms with Gasteiger partial charge in [-0.3, -0.25) is 9.69 Å². The molecule has 2 amide bonds. The van der Waals surface area contributed by atoms with Crippen LogP contribution in [0.5, 0.6) is 0 Å². The number of carbonyl (C=O) groups is 2. The van der Waals surface area contributed by atoms with Gasteiger partial charge in [0.1, 0.15) is 6.61 Å². The fraction of sp³-hybridized carbons (Fsp3) is 0.481. The summed E-state index contributed by atoms with van der Waals surface area (Å²) in [5.74, 6) is -1.07. The zero-order valence-electron chi connectivity index (χ0n) is 21.2. The summed E-state index contributed by atoms with van der Waals surface area (Å²) in [6, 6.07) is 19.2. The van der Waals surface area contributed by atoms with Gasteiger partial charge in [-0.15, -0.1) is 0 Å². The number of piperidine rings is 1. The molecule has 3 atom stereocenters. The molecule has 1 aliphatic rings. The minimum absolute atomic E-state index is 0.00590. The Morgan fingerprint density at radius 2 is 1.62 bits per heavy atom. The second kappa shape index (κ2) is 9.92. The molecule has 6 nitrogen and oxygen atoms in total. The number of carbonyl (C=O) groups excluding carboxylic acids is 2. The summed E-state index contributed by atoms with van der Waals surface area (Å²) in [6.45, 7) is 13.3. The molecule has 1 aliphatic heterocycles. The SMILES string of the molecule is CC(C)(C)[Si](C)(C)O[C@@H]1C[C@H](C(N)=O)[C@](C)(c2ccccc2)N(C(=O)OCc2ccccc2)C1. The van der Waals surface area contributed by atoms with Crippen molar-refractivity contribution in [2.75, 3.05) is 6.54 Å². The van der Waals surface area contributed by atoms with Crippen LogP contribution in [0.1, 0.15) is 45.2 Å². The number of amides is 2. The summed E-state index contributed by atoms with van der Waals surface area (Å²) in [5.41, 5.74) is 6.75. The molecule has 0 aliphatic carbocycles. The molecular formula is C27H38N2O4Si. The molecule has 1 saturated heterocycles. The fourth-order valence-electron chi connectivity index (χ4n) is 4.41. The van der Waals surface area contributed by atoms with Gasteiger partial charge in [-0.25, -0.2) is 4.79 Å². The van der Waals surface area contributed by atoms with Crippen molar-refractivity contribution in [3.05, 3.63) is 71.8 Å². The molecule has 0 unspecified atom stereocenters. The highest BCUT2D eigenvalue weighted by Crippen LogP contribution is 2.45. The van der Waals surface area contributed by atoms with E-state index in [2.05, 4.69) is 33.9 Å². The van der Waals surface area contributed by atoms with Crippen molar-refractivity contribution in [2.24, 2.45) is 11.7 Å². The van der Waals surface area contributed by atoms with Crippen LogP contribution in [0.2, 0.25) is 18.1 Å². The van der Waals surface area contributed by atoms with E-state index in [9.17, 15) is 9.59 Å². The minimum atomic E-state index is -2.15. The first-order chi connectivity index (χ1) is 15.9. The van der Waals surface area contributed by atoms with Gasteiger partial charge in [-0.05, 0) is 42.6 Å². The van der Waals surface area contributed by atoms with Crippen molar-refractivity contribution in [3.63, 3.8) is 0 Å². The molecule has 0 bridgehead atoms. The van der Waals surface area contributed by atoms with E-state index in [1.54, 1.807) is 4.90 Å². The summed E-state index contributed by atoms with van der Waals surface area (Å²) in [4.78, 5) is 28.0. The van der Waals surface area contributed by atoms with E-state index in [1.807, 2.05) is 67.6 Å². The molecule has 2 aromatic rings. The lowest BCUT2D eigenvalue weighted by molar-refractivity contribution is -0.133. The Morgan fingerprint density at radius 3 is 2.15 bits per heavy atom. The predicted octanol–water partition coefficient (Wildman–Crippen LogP) is 5.44. The van der Waals surface area contributed by atoms with Crippen molar-refractivity contribution < 1.29 is 18.8 Å². The summed E-state index contributed by atoms with van der Waals surface area (Å²) in [5, 5.41) is -0.00590. The van der Waals surface area contributed by atoms with Gasteiger partial charge in [-0.1, -0.05) is 81.4 Å². The first-order valence-electron chi connectivity index (χ1n) is 11.9. The number of primary amides is 1. The summed E-state index contributed by atoms with van der Waals surface area (Å²) in [6.07, 6.45) is -0.333. The van der Waals surface area contributed by atoms with Gasteiger partial charge >= 0.3 is 6.09 Å². The van der Waals surface area contributed by atoms with Gasteiger partial charge in [0.15, 0.2) is 8.32 Å². The largest absolute Gasteiger partial charge is 0.445 e. The molecule has 184 valence electrons. The number of ether oxygens (including phenoxy) is 1. The van der Waals surface area contributed by atoms with E-state index in [4.69, 9.17) is 14.9 Å². The fourth-order valence-corrected chi connectivity index (χ4v) is 5.77. The minimum Gasteiger partial charge on any atom is -0.445 e. The van der Waals surface area contributed by atoms with Crippen LogP contribution in [0, 0.1) is 5.92 Å². The van der Waals surface area contributed by atoms with E-state index in [0.29, 0.717) is 13.0 Å². The van der Waals surface area contributed by atoms with E-state index in [1.165, 1.54) is 0 Å². The number of hydrogen-bond acceptors (Lipinski definition) is 4. The highest BCUT2D eigenvalue weighted by Gasteiger charge is 2.53. The lowest BCUT2D eigenvalue weighted by atomic mass is 9.72. The van der Waals surface area contributed by atoms with Crippen molar-refractivity contribution in [1.82, 2.24) is 4.90 Å². The van der Waals surface area contributed by atoms with Gasteiger partial charge in [-0.2, -0.15) is 0 Å². The molecule has 0 saturated carbocycles. The average molecular weight is 483 g/mol. The van der Waals surface area contributed by atoms with E-state index in [-0.39, 0.29) is 17.7 Å². The van der Waals surface area contributed by atoms with Crippen molar-refractivity contribution in [2.45, 2.75) is 70.5 Å². The molecule has 0 radical (unpaired) electrons. The van der Waals surface area contributed by atoms with Crippen LogP contribution in [-0.2, 0) is 26.1 Å². The molecule has 1 fully saturated rings. The average Bonchev–Trinajstić information content (AvgIpc) is 2.78. The van der Waals surface area contributed by atoms with Crippen LogP contribution < -0.4 is 5.73 Å². The topological polar surface area (TPSA) is 81.9 Å². The van der Waals surface area contributed by atoms with Crippen LogP contribution in [0.4, 0.5) is 4.79 Å². The smallest absolute Gasteiger partial charge is 0.410 e. The van der Waals surface area contributed by atoms with Crippen LogP contribution in [0.15, 0.2) is 60.7 Å². The molecular weight excluding hydrogens is 444 g/mol. The Labute approximate surface area is 204 Å². The van der Waals surface area contributed by atoms with E-state index < -0.39 is 31.8 Å². The number of nitrogens with two attached hydrogens (primary N) is 1. The monoisotopic (exact) mass is 482 g/mol. The normalized spacial score (nSPS) is 23.4. The second-order valence-corrected chi connectivity index (χ2v) is 15.6. The zero-order chi connectivity index (χ0) is 25.1. The second-order valence-electron chi connectivity index (χ2n) is 10.9. The molecule has 0 spiro atoms. The molecule has 7 heteroatoms. The van der Waals surface area contributed by atoms with E-state index >= 15 is 0 Å². The maximum absolute atomic E-state index is 13.5. The third-order valence-corrected chi connectivity index (χ3v) is 12.1. The van der Waals surface area contributed by atoms with Crippen LogP contribution in [0.3, 0.4) is 0 Å². The molecule has 0 aromatic heterocycles. The van der Waals surface area contributed by atoms with Gasteiger partial charge in [0.25, 0.3) is 0 Å². The van der Waals surface area contributed by atoms with Gasteiger partial charge in [0, 0.05) is 6.54 Å². The van der Waals surface area contributed by atoms with Gasteiger partial charge in [0.05, 0.1) is 17.6 Å². The maximum atomic E-state index is 13.5. The molecule has 34 heavy (non-hydrogen) atoms. The summed E-state index contributed by atoms with van der Waals surface area (Å²) < 4.78 is 12.4. The molecule has 1 heterocycles. The Balaban J connectivity index is 1.97. The quantitative estimate of drug-likeness (QED) is 0.556. The lowest BCUT2D eigenvalue weighted by Gasteiger charge is -2.52. The van der Waals surface area contributed by atoms with Gasteiger partial charge in [0.2, 0.25) is 5.91 Å². The zero-order valence-corrected chi connectivity index (χ0v) is 22.2. The van der Waals surface area contributed by atoms with Gasteiger partial charge < -0.3 is 14.9 Å².